The number of hydrogen-bond acceptors (Lipinski definition) is 2. The largest absolute Gasteiger partial charge is 0.264 e. The summed E-state index contributed by atoms with van der Waals surface area (Å²) in [5.41, 5.74) is 1.84. The minimum atomic E-state index is 0.391. The molecule has 2 nitrogen and oxygen atoms in total. The Morgan fingerprint density at radius 3 is 2.39 bits per heavy atom. The highest BCUT2D eigenvalue weighted by atomic mass is 35.5. The summed E-state index contributed by atoms with van der Waals surface area (Å²) in [5.74, 6) is 0. The summed E-state index contributed by atoms with van der Waals surface area (Å²) in [5, 5.41) is 10.2. The van der Waals surface area contributed by atoms with Gasteiger partial charge in [-0.15, -0.1) is 0 Å². The first-order chi connectivity index (χ1) is 8.72. The number of halogens is 2. The van der Waals surface area contributed by atoms with E-state index in [-0.39, 0.29) is 0 Å². The van der Waals surface area contributed by atoms with E-state index in [1.807, 2.05) is 0 Å². The number of hydrogen-bond donors (Lipinski definition) is 0. The van der Waals surface area contributed by atoms with Crippen molar-refractivity contribution in [3.8, 4) is 6.07 Å². The first-order valence-corrected chi connectivity index (χ1v) is 5.94. The van der Waals surface area contributed by atoms with Gasteiger partial charge in [0.2, 0.25) is 0 Å². The summed E-state index contributed by atoms with van der Waals surface area (Å²) in [4.78, 5) is 3.98. The molecule has 18 heavy (non-hydrogen) atoms. The van der Waals surface area contributed by atoms with E-state index in [9.17, 15) is 5.26 Å². The molecule has 0 radical (unpaired) electrons. The molecule has 1 aromatic carbocycles. The minimum Gasteiger partial charge on any atom is -0.264 e. The van der Waals surface area contributed by atoms with Gasteiger partial charge in [-0.25, -0.2) is 0 Å². The summed E-state index contributed by atoms with van der Waals surface area (Å²) in [6.07, 6.45) is 3.26. The van der Waals surface area contributed by atoms with E-state index >= 15 is 0 Å². The summed E-state index contributed by atoms with van der Waals surface area (Å²) < 4.78 is 0. The van der Waals surface area contributed by atoms with Gasteiger partial charge in [0.25, 0.3) is 0 Å². The van der Waals surface area contributed by atoms with Crippen molar-refractivity contribution < 1.29 is 0 Å². The van der Waals surface area contributed by atoms with Crippen molar-refractivity contribution in [1.29, 1.82) is 5.26 Å². The zero-order valence-corrected chi connectivity index (χ0v) is 10.8. The maximum absolute atomic E-state index is 9.22. The van der Waals surface area contributed by atoms with Crippen molar-refractivity contribution in [3.63, 3.8) is 0 Å². The summed E-state index contributed by atoms with van der Waals surface area (Å²) >= 11 is 12.1. The molecule has 1 aromatic heterocycles. The van der Waals surface area contributed by atoms with Crippen LogP contribution in [0.3, 0.4) is 0 Å². The Bertz CT molecular complexity index is 610. The van der Waals surface area contributed by atoms with Crippen LogP contribution in [0.15, 0.2) is 48.8 Å². The van der Waals surface area contributed by atoms with Crippen molar-refractivity contribution in [1.82, 2.24) is 4.98 Å². The van der Waals surface area contributed by atoms with Gasteiger partial charge < -0.3 is 0 Å². The third-order valence-electron chi connectivity index (χ3n) is 2.38. The highest BCUT2D eigenvalue weighted by Gasteiger charge is 2.09. The number of benzene rings is 1. The molecule has 0 spiro atoms. The van der Waals surface area contributed by atoms with Crippen LogP contribution >= 0.6 is 23.2 Å². The predicted molar refractivity (Wildman–Crippen MR) is 74.0 cm³/mol. The van der Waals surface area contributed by atoms with Crippen molar-refractivity contribution in [2.75, 3.05) is 0 Å². The van der Waals surface area contributed by atoms with Crippen LogP contribution in [0.1, 0.15) is 11.1 Å². The molecular weight excluding hydrogens is 267 g/mol. The summed E-state index contributed by atoms with van der Waals surface area (Å²) in [6, 6.07) is 12.7. The zero-order chi connectivity index (χ0) is 13.0. The molecule has 0 aliphatic carbocycles. The highest BCUT2D eigenvalue weighted by molar-refractivity contribution is 6.53. The van der Waals surface area contributed by atoms with Gasteiger partial charge in [-0.3, -0.25) is 4.98 Å². The summed E-state index contributed by atoms with van der Waals surface area (Å²) in [7, 11) is 0. The highest BCUT2D eigenvalue weighted by Crippen LogP contribution is 2.29. The number of nitrogens with zero attached hydrogens (tertiary/aromatic N) is 2. The monoisotopic (exact) mass is 274 g/mol. The minimum absolute atomic E-state index is 0.391. The van der Waals surface area contributed by atoms with Gasteiger partial charge in [-0.1, -0.05) is 41.4 Å². The Labute approximate surface area is 115 Å². The number of pyridine rings is 1. The maximum Gasteiger partial charge on any atom is 0.101 e. The molecule has 0 N–H and O–H groups in total. The second-order valence-corrected chi connectivity index (χ2v) is 4.36. The van der Waals surface area contributed by atoms with E-state index in [0.717, 1.165) is 5.56 Å². The third-order valence-corrected chi connectivity index (χ3v) is 3.04. The average Bonchev–Trinajstić information content (AvgIpc) is 2.41. The molecule has 88 valence electrons. The molecule has 0 atom stereocenters. The molecule has 2 aromatic rings. The van der Waals surface area contributed by atoms with Crippen LogP contribution in [0.4, 0.5) is 0 Å². The molecule has 0 fully saturated rings. The lowest BCUT2D eigenvalue weighted by Crippen LogP contribution is -1.87. The Hall–Kier alpha value is -1.82. The van der Waals surface area contributed by atoms with Crippen molar-refractivity contribution in [2.45, 2.75) is 0 Å². The lowest BCUT2D eigenvalue weighted by Gasteiger charge is -2.04. The lowest BCUT2D eigenvalue weighted by atomic mass is 10.1. The molecule has 0 saturated heterocycles. The van der Waals surface area contributed by atoms with E-state index in [1.165, 1.54) is 0 Å². The molecular formula is C14H8Cl2N2. The fraction of sp³-hybridized carbons (Fsp3) is 0. The maximum atomic E-state index is 9.22. The summed E-state index contributed by atoms with van der Waals surface area (Å²) in [6.45, 7) is 0. The molecule has 0 unspecified atom stereocenters. The van der Waals surface area contributed by atoms with Crippen LogP contribution in [0, 0.1) is 11.3 Å². The van der Waals surface area contributed by atoms with Crippen molar-refractivity contribution in [3.05, 3.63) is 64.9 Å². The molecule has 1 heterocycles. The first-order valence-electron chi connectivity index (χ1n) is 5.18. The van der Waals surface area contributed by atoms with Gasteiger partial charge >= 0.3 is 0 Å². The SMILES string of the molecule is N#C/C(=C(/Cl)c1ccc(Cl)cc1)c1cccnc1. The first kappa shape index (κ1) is 12.6. The zero-order valence-electron chi connectivity index (χ0n) is 9.27. The van der Waals surface area contributed by atoms with Gasteiger partial charge in [0.05, 0.1) is 10.6 Å². The van der Waals surface area contributed by atoms with E-state index in [2.05, 4.69) is 11.1 Å². The second kappa shape index (κ2) is 5.68. The quantitative estimate of drug-likeness (QED) is 0.763. The number of allylic oxidation sites excluding steroid dienone is 1. The molecule has 0 aliphatic heterocycles. The second-order valence-electron chi connectivity index (χ2n) is 3.55. The molecule has 0 saturated carbocycles. The van der Waals surface area contributed by atoms with Crippen LogP contribution in [0.5, 0.6) is 0 Å². The number of nitriles is 1. The Kier molecular flexibility index (Phi) is 3.99. The Balaban J connectivity index is 2.51. The fourth-order valence-corrected chi connectivity index (χ4v) is 1.89. The van der Waals surface area contributed by atoms with E-state index in [1.54, 1.807) is 48.8 Å². The smallest absolute Gasteiger partial charge is 0.101 e. The fourth-order valence-electron chi connectivity index (χ4n) is 1.49. The Morgan fingerprint density at radius 1 is 1.11 bits per heavy atom. The van der Waals surface area contributed by atoms with Gasteiger partial charge in [-0.2, -0.15) is 5.26 Å². The van der Waals surface area contributed by atoms with Gasteiger partial charge in [0, 0.05) is 23.0 Å². The normalized spacial score (nSPS) is 11.6. The van der Waals surface area contributed by atoms with Crippen LogP contribution < -0.4 is 0 Å². The van der Waals surface area contributed by atoms with Crippen LogP contribution in [0.25, 0.3) is 10.6 Å². The van der Waals surface area contributed by atoms with Crippen LogP contribution in [0.2, 0.25) is 5.02 Å². The lowest BCUT2D eigenvalue weighted by molar-refractivity contribution is 1.31. The van der Waals surface area contributed by atoms with E-state index in [0.29, 0.717) is 21.2 Å². The van der Waals surface area contributed by atoms with Gasteiger partial charge in [0.1, 0.15) is 6.07 Å². The van der Waals surface area contributed by atoms with Gasteiger partial charge in [0.15, 0.2) is 0 Å². The van der Waals surface area contributed by atoms with Crippen LogP contribution in [-0.4, -0.2) is 4.98 Å². The topological polar surface area (TPSA) is 36.7 Å². The predicted octanol–water partition coefficient (Wildman–Crippen LogP) is 4.37. The number of rotatable bonds is 2. The van der Waals surface area contributed by atoms with E-state index < -0.39 is 0 Å². The molecule has 4 heteroatoms. The standard InChI is InChI=1S/C14H8Cl2N2/c15-12-5-3-10(4-6-12)14(16)13(8-17)11-2-1-7-18-9-11/h1-7,9H/b14-13-. The molecule has 0 bridgehead atoms. The van der Waals surface area contributed by atoms with E-state index in [4.69, 9.17) is 23.2 Å². The number of aromatic nitrogens is 1. The van der Waals surface area contributed by atoms with Crippen molar-refractivity contribution >= 4 is 33.8 Å². The van der Waals surface area contributed by atoms with Gasteiger partial charge in [-0.05, 0) is 23.8 Å². The van der Waals surface area contributed by atoms with Crippen molar-refractivity contribution in [2.24, 2.45) is 0 Å². The average molecular weight is 275 g/mol. The molecule has 0 aliphatic rings. The molecule has 0 amide bonds. The molecule has 2 rings (SSSR count). The third kappa shape index (κ3) is 2.70. The Morgan fingerprint density at radius 2 is 1.83 bits per heavy atom. The van der Waals surface area contributed by atoms with Crippen LogP contribution in [-0.2, 0) is 0 Å².